The number of nitrogens with one attached hydrogen (secondary N) is 1. The van der Waals surface area contributed by atoms with Gasteiger partial charge in [0.15, 0.2) is 11.7 Å². The zero-order valence-electron chi connectivity index (χ0n) is 10.8. The third kappa shape index (κ3) is 4.24. The van der Waals surface area contributed by atoms with Gasteiger partial charge < -0.3 is 4.74 Å². The molecule has 1 N–H and O–H groups in total. The Balaban J connectivity index is 1.87. The number of carbonyl (C=O) groups excluding carboxylic acids is 2. The zero-order valence-corrected chi connectivity index (χ0v) is 12.4. The normalized spacial score (nSPS) is 10.0. The van der Waals surface area contributed by atoms with Crippen LogP contribution in [0.25, 0.3) is 0 Å². The smallest absolute Gasteiger partial charge is 0.345 e. The Kier molecular flexibility index (Phi) is 5.02. The molecule has 1 aromatic carbocycles. The largest absolute Gasteiger partial charge is 0.452 e. The summed E-state index contributed by atoms with van der Waals surface area (Å²) in [6, 6.07) is 6.08. The van der Waals surface area contributed by atoms with E-state index in [0.717, 1.165) is 6.20 Å². The van der Waals surface area contributed by atoms with Crippen LogP contribution in [0, 0.1) is 10.1 Å². The molecule has 0 aliphatic carbocycles. The summed E-state index contributed by atoms with van der Waals surface area (Å²) in [4.78, 5) is 36.8. The molecule has 2 rings (SSSR count). The van der Waals surface area contributed by atoms with Crippen LogP contribution in [-0.2, 0) is 9.53 Å². The highest BCUT2D eigenvalue weighted by Crippen LogP contribution is 2.24. The summed E-state index contributed by atoms with van der Waals surface area (Å²) in [5.41, 5.74) is 0.213. The third-order valence-corrected chi connectivity index (χ3v) is 3.41. The van der Waals surface area contributed by atoms with Crippen molar-refractivity contribution in [1.29, 1.82) is 0 Å². The van der Waals surface area contributed by atoms with Crippen molar-refractivity contribution in [3.63, 3.8) is 0 Å². The average molecular weight is 342 g/mol. The van der Waals surface area contributed by atoms with Crippen LogP contribution in [0.4, 0.5) is 10.1 Å². The van der Waals surface area contributed by atoms with Gasteiger partial charge in [-0.2, -0.15) is 0 Å². The maximum atomic E-state index is 11.7. The van der Waals surface area contributed by atoms with E-state index in [9.17, 15) is 19.7 Å². The predicted octanol–water partition coefficient (Wildman–Crippen LogP) is 2.50. The molecule has 114 valence electrons. The topological polar surface area (TPSA) is 111 Å². The van der Waals surface area contributed by atoms with Crippen molar-refractivity contribution in [3.05, 3.63) is 51.2 Å². The van der Waals surface area contributed by atoms with Crippen LogP contribution >= 0.6 is 22.9 Å². The Morgan fingerprint density at radius 3 is 2.86 bits per heavy atom. The van der Waals surface area contributed by atoms with Gasteiger partial charge in [0, 0.05) is 5.02 Å². The fourth-order valence-electron chi connectivity index (χ4n) is 1.39. The minimum Gasteiger partial charge on any atom is -0.452 e. The van der Waals surface area contributed by atoms with Crippen molar-refractivity contribution in [2.45, 2.75) is 0 Å². The summed E-state index contributed by atoms with van der Waals surface area (Å²) in [5.74, 6) is -1.36. The van der Waals surface area contributed by atoms with Gasteiger partial charge in [0.25, 0.3) is 5.91 Å². The van der Waals surface area contributed by atoms with Crippen molar-refractivity contribution >= 4 is 44.9 Å². The summed E-state index contributed by atoms with van der Waals surface area (Å²) < 4.78 is 4.80. The SMILES string of the molecule is O=C(COC(=O)c1cccc(Cl)c1)Nc1ncc([N+](=O)[O-])s1. The van der Waals surface area contributed by atoms with Crippen molar-refractivity contribution in [1.82, 2.24) is 4.98 Å². The number of benzene rings is 1. The second-order valence-corrected chi connectivity index (χ2v) is 5.34. The molecule has 0 saturated carbocycles. The molecule has 1 aromatic heterocycles. The number of carbonyl (C=O) groups is 2. The van der Waals surface area contributed by atoms with Crippen LogP contribution in [-0.4, -0.2) is 28.4 Å². The highest BCUT2D eigenvalue weighted by atomic mass is 35.5. The van der Waals surface area contributed by atoms with Gasteiger partial charge in [-0.3, -0.25) is 20.2 Å². The molecule has 0 saturated heterocycles. The number of esters is 1. The summed E-state index contributed by atoms with van der Waals surface area (Å²) >= 11 is 6.44. The number of thiazole rings is 1. The highest BCUT2D eigenvalue weighted by molar-refractivity contribution is 7.18. The Bertz CT molecular complexity index is 733. The monoisotopic (exact) mass is 341 g/mol. The number of hydrogen-bond donors (Lipinski definition) is 1. The molecule has 0 radical (unpaired) electrons. The minimum absolute atomic E-state index is 0.0514. The molecule has 0 atom stereocenters. The van der Waals surface area contributed by atoms with Gasteiger partial charge >= 0.3 is 11.0 Å². The molecule has 0 spiro atoms. The van der Waals surface area contributed by atoms with E-state index in [-0.39, 0.29) is 15.7 Å². The maximum Gasteiger partial charge on any atom is 0.345 e. The minimum atomic E-state index is -0.706. The molecule has 0 unspecified atom stereocenters. The molecule has 0 aliphatic heterocycles. The van der Waals surface area contributed by atoms with Gasteiger partial charge in [-0.05, 0) is 29.5 Å². The first kappa shape index (κ1) is 15.9. The molecule has 0 bridgehead atoms. The molecule has 0 fully saturated rings. The summed E-state index contributed by atoms with van der Waals surface area (Å²) in [7, 11) is 0. The Hall–Kier alpha value is -2.52. The molecule has 10 heteroatoms. The molecule has 0 aliphatic rings. The Labute approximate surface area is 132 Å². The van der Waals surface area contributed by atoms with Gasteiger partial charge in [-0.1, -0.05) is 17.7 Å². The van der Waals surface area contributed by atoms with Crippen LogP contribution < -0.4 is 5.32 Å². The first-order chi connectivity index (χ1) is 10.5. The lowest BCUT2D eigenvalue weighted by Crippen LogP contribution is -2.20. The number of amides is 1. The number of aromatic nitrogens is 1. The van der Waals surface area contributed by atoms with Crippen molar-refractivity contribution in [3.8, 4) is 0 Å². The number of halogens is 1. The maximum absolute atomic E-state index is 11.7. The number of nitrogens with zero attached hydrogens (tertiary/aromatic N) is 2. The lowest BCUT2D eigenvalue weighted by atomic mass is 10.2. The van der Waals surface area contributed by atoms with E-state index in [4.69, 9.17) is 16.3 Å². The van der Waals surface area contributed by atoms with E-state index >= 15 is 0 Å². The molecular weight excluding hydrogens is 334 g/mol. The average Bonchev–Trinajstić information content (AvgIpc) is 2.93. The second-order valence-electron chi connectivity index (χ2n) is 3.90. The third-order valence-electron chi connectivity index (χ3n) is 2.31. The van der Waals surface area contributed by atoms with Gasteiger partial charge in [0.2, 0.25) is 0 Å². The van der Waals surface area contributed by atoms with Crippen molar-refractivity contribution in [2.24, 2.45) is 0 Å². The van der Waals surface area contributed by atoms with Crippen LogP contribution in [0.15, 0.2) is 30.5 Å². The quantitative estimate of drug-likeness (QED) is 0.508. The lowest BCUT2D eigenvalue weighted by molar-refractivity contribution is -0.380. The fourth-order valence-corrected chi connectivity index (χ4v) is 2.23. The second kappa shape index (κ2) is 6.96. The van der Waals surface area contributed by atoms with E-state index in [1.54, 1.807) is 12.1 Å². The van der Waals surface area contributed by atoms with Crippen LogP contribution in [0.2, 0.25) is 5.02 Å². The fraction of sp³-hybridized carbons (Fsp3) is 0.0833. The van der Waals surface area contributed by atoms with Gasteiger partial charge in [0.1, 0.15) is 6.20 Å². The standard InChI is InChI=1S/C12H8ClN3O5S/c13-8-3-1-2-7(4-8)11(18)21-6-9(17)15-12-14-5-10(22-12)16(19)20/h1-5H,6H2,(H,14,15,17). The molecule has 22 heavy (non-hydrogen) atoms. The zero-order chi connectivity index (χ0) is 16.1. The first-order valence-corrected chi connectivity index (χ1v) is 6.98. The number of hydrogen-bond acceptors (Lipinski definition) is 7. The molecule has 8 nitrogen and oxygen atoms in total. The van der Waals surface area contributed by atoms with Gasteiger partial charge in [-0.15, -0.1) is 0 Å². The van der Waals surface area contributed by atoms with E-state index in [1.807, 2.05) is 0 Å². The highest BCUT2D eigenvalue weighted by Gasteiger charge is 2.15. The van der Waals surface area contributed by atoms with E-state index in [2.05, 4.69) is 10.3 Å². The molecular formula is C12H8ClN3O5S. The predicted molar refractivity (Wildman–Crippen MR) is 79.1 cm³/mol. The van der Waals surface area contributed by atoms with Crippen LogP contribution in [0.5, 0.6) is 0 Å². The summed E-state index contributed by atoms with van der Waals surface area (Å²) in [6.07, 6.45) is 1.03. The van der Waals surface area contributed by atoms with Crippen LogP contribution in [0.1, 0.15) is 10.4 Å². The Morgan fingerprint density at radius 1 is 1.45 bits per heavy atom. The van der Waals surface area contributed by atoms with E-state index < -0.39 is 23.4 Å². The summed E-state index contributed by atoms with van der Waals surface area (Å²) in [5, 5.41) is 13.0. The van der Waals surface area contributed by atoms with Gasteiger partial charge in [-0.25, -0.2) is 9.78 Å². The number of rotatable bonds is 5. The molecule has 1 amide bonds. The van der Waals surface area contributed by atoms with Crippen molar-refractivity contribution in [2.75, 3.05) is 11.9 Å². The van der Waals surface area contributed by atoms with Crippen LogP contribution in [0.3, 0.4) is 0 Å². The number of anilines is 1. The first-order valence-electron chi connectivity index (χ1n) is 5.78. The van der Waals surface area contributed by atoms with E-state index in [0.29, 0.717) is 16.4 Å². The lowest BCUT2D eigenvalue weighted by Gasteiger charge is -2.04. The van der Waals surface area contributed by atoms with E-state index in [1.165, 1.54) is 12.1 Å². The Morgan fingerprint density at radius 2 is 2.23 bits per heavy atom. The van der Waals surface area contributed by atoms with Crippen molar-refractivity contribution < 1.29 is 19.2 Å². The molecule has 1 heterocycles. The van der Waals surface area contributed by atoms with Gasteiger partial charge in [0.05, 0.1) is 10.5 Å². The molecule has 2 aromatic rings. The number of nitro groups is 1. The summed E-state index contributed by atoms with van der Waals surface area (Å²) in [6.45, 7) is -0.543. The number of ether oxygens (including phenoxy) is 1.